The van der Waals surface area contributed by atoms with Crippen LogP contribution in [0.3, 0.4) is 0 Å². The van der Waals surface area contributed by atoms with Crippen LogP contribution in [0, 0.1) is 5.82 Å². The van der Waals surface area contributed by atoms with Gasteiger partial charge in [0.1, 0.15) is 5.82 Å². The summed E-state index contributed by atoms with van der Waals surface area (Å²) in [5, 5.41) is 11.8. The summed E-state index contributed by atoms with van der Waals surface area (Å²) in [5.74, 6) is -0.453. The van der Waals surface area contributed by atoms with Crippen molar-refractivity contribution in [3.63, 3.8) is 0 Å². The van der Waals surface area contributed by atoms with Crippen molar-refractivity contribution in [1.29, 1.82) is 0 Å². The van der Waals surface area contributed by atoms with Crippen LogP contribution >= 0.6 is 0 Å². The highest BCUT2D eigenvalue weighted by Gasteiger charge is 2.09. The van der Waals surface area contributed by atoms with Gasteiger partial charge in [-0.2, -0.15) is 0 Å². The van der Waals surface area contributed by atoms with E-state index in [1.54, 1.807) is 13.1 Å². The topological polar surface area (TPSA) is 58.3 Å². The van der Waals surface area contributed by atoms with Crippen molar-refractivity contribution >= 4 is 5.69 Å². The van der Waals surface area contributed by atoms with Crippen LogP contribution < -0.4 is 11.1 Å². The number of benzene rings is 1. The first-order valence-corrected chi connectivity index (χ1v) is 4.02. The standard InChI is InChI=1S/C9H13FN2O/c1-12-9(5-13)6-2-3-8(11)7(10)4-6/h2-4,9,12-13H,5,11H2,1H3/t9-/m1/s1. The van der Waals surface area contributed by atoms with Crippen molar-refractivity contribution in [3.8, 4) is 0 Å². The molecule has 1 atom stereocenters. The predicted molar refractivity (Wildman–Crippen MR) is 49.7 cm³/mol. The van der Waals surface area contributed by atoms with Crippen LogP contribution in [-0.4, -0.2) is 18.8 Å². The van der Waals surface area contributed by atoms with Gasteiger partial charge in [0.2, 0.25) is 0 Å². The zero-order chi connectivity index (χ0) is 9.84. The van der Waals surface area contributed by atoms with E-state index in [1.165, 1.54) is 12.1 Å². The fraction of sp³-hybridized carbons (Fsp3) is 0.333. The molecule has 0 spiro atoms. The molecule has 72 valence electrons. The SMILES string of the molecule is CN[C@H](CO)c1ccc(N)c(F)c1. The number of aliphatic hydroxyl groups is 1. The third-order valence-electron chi connectivity index (χ3n) is 1.96. The molecule has 0 bridgehead atoms. The molecule has 4 heteroatoms. The summed E-state index contributed by atoms with van der Waals surface area (Å²) in [7, 11) is 1.70. The van der Waals surface area contributed by atoms with Crippen molar-refractivity contribution in [2.45, 2.75) is 6.04 Å². The Bertz CT molecular complexity index is 287. The summed E-state index contributed by atoms with van der Waals surface area (Å²) in [6, 6.07) is 4.27. The highest BCUT2D eigenvalue weighted by Crippen LogP contribution is 2.17. The molecule has 0 saturated carbocycles. The van der Waals surface area contributed by atoms with Gasteiger partial charge in [-0.05, 0) is 24.7 Å². The Morgan fingerprint density at radius 3 is 2.77 bits per heavy atom. The number of aliphatic hydroxyl groups excluding tert-OH is 1. The zero-order valence-corrected chi connectivity index (χ0v) is 7.42. The molecule has 0 aliphatic rings. The monoisotopic (exact) mass is 184 g/mol. The Morgan fingerprint density at radius 1 is 1.62 bits per heavy atom. The van der Waals surface area contributed by atoms with E-state index in [2.05, 4.69) is 5.32 Å². The second-order valence-electron chi connectivity index (χ2n) is 2.80. The zero-order valence-electron chi connectivity index (χ0n) is 7.42. The summed E-state index contributed by atoms with van der Waals surface area (Å²) < 4.78 is 13.0. The molecule has 0 fully saturated rings. The normalized spacial score (nSPS) is 12.8. The van der Waals surface area contributed by atoms with Gasteiger partial charge >= 0.3 is 0 Å². The molecule has 0 heterocycles. The maximum atomic E-state index is 13.0. The first-order chi connectivity index (χ1) is 6.19. The van der Waals surface area contributed by atoms with E-state index >= 15 is 0 Å². The summed E-state index contributed by atoms with van der Waals surface area (Å²) in [6.07, 6.45) is 0. The molecule has 13 heavy (non-hydrogen) atoms. The molecule has 0 amide bonds. The number of hydrogen-bond donors (Lipinski definition) is 3. The Kier molecular flexibility index (Phi) is 3.22. The van der Waals surface area contributed by atoms with Crippen molar-refractivity contribution in [2.75, 3.05) is 19.4 Å². The maximum absolute atomic E-state index is 13.0. The Balaban J connectivity index is 2.95. The van der Waals surface area contributed by atoms with Crippen molar-refractivity contribution in [3.05, 3.63) is 29.6 Å². The molecule has 3 nitrogen and oxygen atoms in total. The molecule has 4 N–H and O–H groups in total. The third kappa shape index (κ3) is 2.17. The molecule has 0 saturated heterocycles. The highest BCUT2D eigenvalue weighted by molar-refractivity contribution is 5.42. The molecule has 0 unspecified atom stereocenters. The van der Waals surface area contributed by atoms with Crippen LogP contribution in [0.2, 0.25) is 0 Å². The average molecular weight is 184 g/mol. The number of anilines is 1. The molecule has 1 aromatic carbocycles. The first kappa shape index (κ1) is 9.95. The summed E-state index contributed by atoms with van der Waals surface area (Å²) >= 11 is 0. The molecular weight excluding hydrogens is 171 g/mol. The summed E-state index contributed by atoms with van der Waals surface area (Å²) in [4.78, 5) is 0. The molecule has 0 radical (unpaired) electrons. The second-order valence-corrected chi connectivity index (χ2v) is 2.80. The summed E-state index contributed by atoms with van der Waals surface area (Å²) in [6.45, 7) is -0.0696. The highest BCUT2D eigenvalue weighted by atomic mass is 19.1. The predicted octanol–water partition coefficient (Wildman–Crippen LogP) is 0.661. The first-order valence-electron chi connectivity index (χ1n) is 4.02. The number of halogens is 1. The van der Waals surface area contributed by atoms with Gasteiger partial charge in [0.25, 0.3) is 0 Å². The van der Waals surface area contributed by atoms with Crippen molar-refractivity contribution in [1.82, 2.24) is 5.32 Å². The smallest absolute Gasteiger partial charge is 0.146 e. The van der Waals surface area contributed by atoms with E-state index in [4.69, 9.17) is 10.8 Å². The Labute approximate surface area is 76.4 Å². The lowest BCUT2D eigenvalue weighted by atomic mass is 10.1. The number of nitrogens with one attached hydrogen (secondary N) is 1. The van der Waals surface area contributed by atoms with Crippen LogP contribution in [-0.2, 0) is 0 Å². The van der Waals surface area contributed by atoms with Crippen LogP contribution in [0.25, 0.3) is 0 Å². The number of hydrogen-bond acceptors (Lipinski definition) is 3. The molecular formula is C9H13FN2O. The third-order valence-corrected chi connectivity index (χ3v) is 1.96. The van der Waals surface area contributed by atoms with Gasteiger partial charge in [-0.15, -0.1) is 0 Å². The van der Waals surface area contributed by atoms with Gasteiger partial charge < -0.3 is 16.2 Å². The quantitative estimate of drug-likeness (QED) is 0.605. The number of rotatable bonds is 3. The minimum Gasteiger partial charge on any atom is -0.396 e. The molecule has 0 aliphatic heterocycles. The van der Waals surface area contributed by atoms with Crippen LogP contribution in [0.5, 0.6) is 0 Å². The van der Waals surface area contributed by atoms with Gasteiger partial charge in [-0.25, -0.2) is 4.39 Å². The van der Waals surface area contributed by atoms with Gasteiger partial charge in [0.15, 0.2) is 0 Å². The van der Waals surface area contributed by atoms with Crippen molar-refractivity contribution in [2.24, 2.45) is 0 Å². The Morgan fingerprint density at radius 2 is 2.31 bits per heavy atom. The minimum absolute atomic E-state index is 0.0696. The summed E-state index contributed by atoms with van der Waals surface area (Å²) in [5.41, 5.74) is 6.13. The molecule has 0 aliphatic carbocycles. The largest absolute Gasteiger partial charge is 0.396 e. The van der Waals surface area contributed by atoms with Gasteiger partial charge in [0.05, 0.1) is 18.3 Å². The van der Waals surface area contributed by atoms with E-state index < -0.39 is 5.82 Å². The van der Waals surface area contributed by atoms with Crippen LogP contribution in [0.15, 0.2) is 18.2 Å². The molecule has 0 aromatic heterocycles. The fourth-order valence-electron chi connectivity index (χ4n) is 1.12. The second kappa shape index (κ2) is 4.20. The van der Waals surface area contributed by atoms with Gasteiger partial charge in [0, 0.05) is 0 Å². The molecule has 1 aromatic rings. The number of nitrogens with two attached hydrogens (primary N) is 1. The lowest BCUT2D eigenvalue weighted by molar-refractivity contribution is 0.251. The molecule has 1 rings (SSSR count). The van der Waals surface area contributed by atoms with E-state index in [0.29, 0.717) is 5.56 Å². The lowest BCUT2D eigenvalue weighted by Gasteiger charge is -2.13. The lowest BCUT2D eigenvalue weighted by Crippen LogP contribution is -2.20. The minimum atomic E-state index is -0.453. The van der Waals surface area contributed by atoms with E-state index in [9.17, 15) is 4.39 Å². The van der Waals surface area contributed by atoms with Crippen LogP contribution in [0.1, 0.15) is 11.6 Å². The van der Waals surface area contributed by atoms with Crippen LogP contribution in [0.4, 0.5) is 10.1 Å². The average Bonchev–Trinajstić information content (AvgIpc) is 2.13. The number of nitrogen functional groups attached to an aromatic ring is 1. The Hall–Kier alpha value is -1.13. The van der Waals surface area contributed by atoms with Crippen molar-refractivity contribution < 1.29 is 9.50 Å². The maximum Gasteiger partial charge on any atom is 0.146 e. The number of likely N-dealkylation sites (N-methyl/N-ethyl adjacent to an activating group) is 1. The van der Waals surface area contributed by atoms with E-state index in [1.807, 2.05) is 0 Å². The van der Waals surface area contributed by atoms with Gasteiger partial charge in [-0.3, -0.25) is 0 Å². The van der Waals surface area contributed by atoms with E-state index in [-0.39, 0.29) is 18.3 Å². The van der Waals surface area contributed by atoms with E-state index in [0.717, 1.165) is 0 Å². The van der Waals surface area contributed by atoms with Gasteiger partial charge in [-0.1, -0.05) is 6.07 Å². The fourth-order valence-corrected chi connectivity index (χ4v) is 1.12.